The van der Waals surface area contributed by atoms with Crippen molar-refractivity contribution in [3.63, 3.8) is 0 Å². The lowest BCUT2D eigenvalue weighted by atomic mass is 9.82. The summed E-state index contributed by atoms with van der Waals surface area (Å²) >= 11 is 0. The van der Waals surface area contributed by atoms with Gasteiger partial charge in [0.1, 0.15) is 0 Å². The number of rotatable bonds is 6. The van der Waals surface area contributed by atoms with Crippen LogP contribution in [0.2, 0.25) is 0 Å². The van der Waals surface area contributed by atoms with Crippen molar-refractivity contribution in [2.45, 2.75) is 59.5 Å². The van der Waals surface area contributed by atoms with Crippen LogP contribution < -0.4 is 5.32 Å². The van der Waals surface area contributed by atoms with Crippen LogP contribution in [-0.2, 0) is 6.54 Å². The van der Waals surface area contributed by atoms with Gasteiger partial charge in [-0.15, -0.1) is 0 Å². The van der Waals surface area contributed by atoms with Gasteiger partial charge in [0.25, 0.3) is 0 Å². The third-order valence-corrected chi connectivity index (χ3v) is 2.73. The molecule has 0 amide bonds. The lowest BCUT2D eigenvalue weighted by Crippen LogP contribution is -2.43. The summed E-state index contributed by atoms with van der Waals surface area (Å²) in [5.41, 5.74) is 0.591. The molecule has 1 rings (SSSR count). The fourth-order valence-electron chi connectivity index (χ4n) is 2.50. The number of hydrogen-bond donors (Lipinski definition) is 1. The van der Waals surface area contributed by atoms with E-state index in [4.69, 9.17) is 0 Å². The second-order valence-corrected chi connectivity index (χ2v) is 6.70. The van der Waals surface area contributed by atoms with Crippen molar-refractivity contribution < 1.29 is 0 Å². The van der Waals surface area contributed by atoms with Gasteiger partial charge < -0.3 is 9.88 Å². The molecule has 3 heteroatoms. The van der Waals surface area contributed by atoms with Crippen molar-refractivity contribution in [3.05, 3.63) is 18.7 Å². The number of aryl methyl sites for hydroxylation is 1. The Hall–Kier alpha value is -0.830. The monoisotopic (exact) mass is 237 g/mol. The highest BCUT2D eigenvalue weighted by Gasteiger charge is 2.24. The van der Waals surface area contributed by atoms with E-state index in [0.29, 0.717) is 5.41 Å². The molecule has 0 atom stereocenters. The van der Waals surface area contributed by atoms with Gasteiger partial charge in [-0.2, -0.15) is 0 Å². The average molecular weight is 237 g/mol. The molecule has 1 aromatic heterocycles. The third-order valence-electron chi connectivity index (χ3n) is 2.73. The molecule has 0 bridgehead atoms. The second kappa shape index (κ2) is 5.67. The standard InChI is InChI=1S/C14H27N3/c1-13(2,3)11-14(4,5)16-7-6-9-17-10-8-15-12-17/h8,10,12,16H,6-7,9,11H2,1-5H3. The van der Waals surface area contributed by atoms with E-state index in [-0.39, 0.29) is 5.54 Å². The predicted octanol–water partition coefficient (Wildman–Crippen LogP) is 3.08. The molecule has 0 radical (unpaired) electrons. The van der Waals surface area contributed by atoms with E-state index >= 15 is 0 Å². The van der Waals surface area contributed by atoms with Crippen LogP contribution in [0.5, 0.6) is 0 Å². The van der Waals surface area contributed by atoms with E-state index in [9.17, 15) is 0 Å². The highest BCUT2D eigenvalue weighted by molar-refractivity contribution is 4.83. The molecule has 0 saturated carbocycles. The molecule has 0 aromatic carbocycles. The summed E-state index contributed by atoms with van der Waals surface area (Å²) in [5, 5.41) is 3.64. The molecule has 0 aliphatic rings. The Balaban J connectivity index is 2.21. The molecular formula is C14H27N3. The maximum atomic E-state index is 4.04. The van der Waals surface area contributed by atoms with Gasteiger partial charge in [-0.05, 0) is 38.6 Å². The minimum Gasteiger partial charge on any atom is -0.337 e. The molecule has 0 fully saturated rings. The molecular weight excluding hydrogens is 210 g/mol. The van der Waals surface area contributed by atoms with Crippen molar-refractivity contribution in [2.75, 3.05) is 6.54 Å². The summed E-state index contributed by atoms with van der Waals surface area (Å²) in [7, 11) is 0. The van der Waals surface area contributed by atoms with E-state index in [1.54, 1.807) is 0 Å². The summed E-state index contributed by atoms with van der Waals surface area (Å²) < 4.78 is 2.12. The normalized spacial score (nSPS) is 13.0. The first-order valence-corrected chi connectivity index (χ1v) is 6.49. The lowest BCUT2D eigenvalue weighted by Gasteiger charge is -2.33. The minimum atomic E-state index is 0.215. The number of imidazole rings is 1. The first kappa shape index (κ1) is 14.2. The maximum absolute atomic E-state index is 4.04. The van der Waals surface area contributed by atoms with Gasteiger partial charge in [0.15, 0.2) is 0 Å². The van der Waals surface area contributed by atoms with Crippen LogP contribution in [0.1, 0.15) is 47.5 Å². The van der Waals surface area contributed by atoms with Gasteiger partial charge >= 0.3 is 0 Å². The van der Waals surface area contributed by atoms with Gasteiger partial charge in [0.2, 0.25) is 0 Å². The Labute approximate surface area is 106 Å². The molecule has 0 spiro atoms. The fourth-order valence-corrected chi connectivity index (χ4v) is 2.50. The van der Waals surface area contributed by atoms with Crippen LogP contribution in [0.3, 0.4) is 0 Å². The van der Waals surface area contributed by atoms with Gasteiger partial charge in [-0.3, -0.25) is 0 Å². The summed E-state index contributed by atoms with van der Waals surface area (Å²) in [5.74, 6) is 0. The van der Waals surface area contributed by atoms with Gasteiger partial charge in [0.05, 0.1) is 6.33 Å². The Morgan fingerprint density at radius 2 is 1.88 bits per heavy atom. The zero-order chi connectivity index (χ0) is 12.9. The molecule has 0 aliphatic heterocycles. The molecule has 0 saturated heterocycles. The molecule has 1 aromatic rings. The predicted molar refractivity (Wildman–Crippen MR) is 73.0 cm³/mol. The summed E-state index contributed by atoms with van der Waals surface area (Å²) in [4.78, 5) is 4.04. The van der Waals surface area contributed by atoms with Crippen LogP contribution in [0.15, 0.2) is 18.7 Å². The Bertz CT molecular complexity index is 307. The van der Waals surface area contributed by atoms with E-state index in [1.165, 1.54) is 6.42 Å². The zero-order valence-electron chi connectivity index (χ0n) is 12.0. The van der Waals surface area contributed by atoms with Crippen molar-refractivity contribution in [3.8, 4) is 0 Å². The highest BCUT2D eigenvalue weighted by atomic mass is 15.0. The molecule has 0 unspecified atom stereocenters. The van der Waals surface area contributed by atoms with Crippen LogP contribution in [0.25, 0.3) is 0 Å². The number of nitrogens with zero attached hydrogens (tertiary/aromatic N) is 2. The quantitative estimate of drug-likeness (QED) is 0.771. The zero-order valence-corrected chi connectivity index (χ0v) is 12.0. The minimum absolute atomic E-state index is 0.215. The Kier molecular flexibility index (Phi) is 4.75. The number of nitrogens with one attached hydrogen (secondary N) is 1. The van der Waals surface area contributed by atoms with Gasteiger partial charge in [-0.1, -0.05) is 20.8 Å². The van der Waals surface area contributed by atoms with Crippen LogP contribution in [0.4, 0.5) is 0 Å². The molecule has 1 heterocycles. The maximum Gasteiger partial charge on any atom is 0.0945 e. The third kappa shape index (κ3) is 6.47. The van der Waals surface area contributed by atoms with E-state index in [0.717, 1.165) is 19.5 Å². The largest absolute Gasteiger partial charge is 0.337 e. The average Bonchev–Trinajstić information content (AvgIpc) is 2.60. The van der Waals surface area contributed by atoms with Crippen molar-refractivity contribution in [2.24, 2.45) is 5.41 Å². The van der Waals surface area contributed by atoms with Crippen LogP contribution >= 0.6 is 0 Å². The van der Waals surface area contributed by atoms with Gasteiger partial charge in [-0.25, -0.2) is 4.98 Å². The first-order chi connectivity index (χ1) is 7.79. The van der Waals surface area contributed by atoms with E-state index in [1.807, 2.05) is 18.7 Å². The van der Waals surface area contributed by atoms with Gasteiger partial charge in [0, 0.05) is 24.5 Å². The lowest BCUT2D eigenvalue weighted by molar-refractivity contribution is 0.241. The molecule has 0 aliphatic carbocycles. The van der Waals surface area contributed by atoms with Crippen molar-refractivity contribution in [1.82, 2.24) is 14.9 Å². The SMILES string of the molecule is CC(C)(C)CC(C)(C)NCCCn1ccnc1. The molecule has 98 valence electrons. The number of aromatic nitrogens is 2. The summed E-state index contributed by atoms with van der Waals surface area (Å²) in [6.07, 6.45) is 8.05. The van der Waals surface area contributed by atoms with E-state index < -0.39 is 0 Å². The second-order valence-electron chi connectivity index (χ2n) is 6.70. The Morgan fingerprint density at radius 1 is 1.18 bits per heavy atom. The Morgan fingerprint density at radius 3 is 2.41 bits per heavy atom. The molecule has 1 N–H and O–H groups in total. The highest BCUT2D eigenvalue weighted by Crippen LogP contribution is 2.26. The topological polar surface area (TPSA) is 29.9 Å². The van der Waals surface area contributed by atoms with Crippen molar-refractivity contribution >= 4 is 0 Å². The molecule has 3 nitrogen and oxygen atoms in total. The van der Waals surface area contributed by atoms with Crippen molar-refractivity contribution in [1.29, 1.82) is 0 Å². The summed E-state index contributed by atoms with van der Waals surface area (Å²) in [6.45, 7) is 13.6. The molecule has 17 heavy (non-hydrogen) atoms. The fraction of sp³-hybridized carbons (Fsp3) is 0.786. The smallest absolute Gasteiger partial charge is 0.0945 e. The number of hydrogen-bond acceptors (Lipinski definition) is 2. The van der Waals surface area contributed by atoms with Crippen LogP contribution in [-0.4, -0.2) is 21.6 Å². The first-order valence-electron chi connectivity index (χ1n) is 6.49. The van der Waals surface area contributed by atoms with Crippen LogP contribution in [0, 0.1) is 5.41 Å². The summed E-state index contributed by atoms with van der Waals surface area (Å²) in [6, 6.07) is 0. The van der Waals surface area contributed by atoms with E-state index in [2.05, 4.69) is 49.5 Å².